The molecule has 0 aromatic carbocycles. The Labute approximate surface area is 124 Å². The Morgan fingerprint density at radius 3 is 2.86 bits per heavy atom. The second-order valence-electron chi connectivity index (χ2n) is 4.98. The summed E-state index contributed by atoms with van der Waals surface area (Å²) < 4.78 is 5.20. The second-order valence-corrected chi connectivity index (χ2v) is 4.98. The molecular formula is C16H19N3O2. The molecule has 1 aliphatic rings. The fourth-order valence-electron chi connectivity index (χ4n) is 2.33. The molecule has 110 valence electrons. The molecule has 0 radical (unpaired) electrons. The van der Waals surface area contributed by atoms with E-state index in [9.17, 15) is 4.79 Å². The molecule has 1 aromatic heterocycles. The predicted molar refractivity (Wildman–Crippen MR) is 79.7 cm³/mol. The van der Waals surface area contributed by atoms with Crippen molar-refractivity contribution in [1.82, 2.24) is 4.98 Å². The number of pyridine rings is 1. The van der Waals surface area contributed by atoms with E-state index in [1.54, 1.807) is 12.3 Å². The quantitative estimate of drug-likeness (QED) is 0.627. The Morgan fingerprint density at radius 1 is 1.52 bits per heavy atom. The van der Waals surface area contributed by atoms with E-state index in [1.807, 2.05) is 25.1 Å². The third-order valence-corrected chi connectivity index (χ3v) is 3.59. The van der Waals surface area contributed by atoms with Crippen LogP contribution in [0.4, 0.5) is 5.82 Å². The summed E-state index contributed by atoms with van der Waals surface area (Å²) in [6.07, 6.45) is 6.82. The molecule has 0 saturated carbocycles. The Hall–Kier alpha value is -2.35. The van der Waals surface area contributed by atoms with Gasteiger partial charge in [0.25, 0.3) is 0 Å². The maximum Gasteiger partial charge on any atom is 0.309 e. The number of esters is 1. The molecule has 0 unspecified atom stereocenters. The van der Waals surface area contributed by atoms with Crippen molar-refractivity contribution in [2.24, 2.45) is 5.92 Å². The lowest BCUT2D eigenvalue weighted by molar-refractivity contribution is -0.147. The molecule has 2 rings (SSSR count). The van der Waals surface area contributed by atoms with E-state index in [0.717, 1.165) is 31.7 Å². The van der Waals surface area contributed by atoms with E-state index >= 15 is 0 Å². The summed E-state index contributed by atoms with van der Waals surface area (Å²) in [6, 6.07) is 5.67. The first kappa shape index (κ1) is 15.0. The number of ether oxygens (including phenoxy) is 1. The van der Waals surface area contributed by atoms with Crippen LogP contribution < -0.4 is 4.90 Å². The molecule has 5 heteroatoms. The highest BCUT2D eigenvalue weighted by molar-refractivity contribution is 5.73. The van der Waals surface area contributed by atoms with Gasteiger partial charge in [0.05, 0.1) is 11.5 Å². The molecule has 1 fully saturated rings. The lowest BCUT2D eigenvalue weighted by atomic mass is 9.97. The van der Waals surface area contributed by atoms with Gasteiger partial charge in [-0.1, -0.05) is 12.2 Å². The molecule has 5 nitrogen and oxygen atoms in total. The smallest absolute Gasteiger partial charge is 0.309 e. The number of rotatable bonds is 4. The molecule has 0 amide bonds. The Balaban J connectivity index is 1.85. The zero-order chi connectivity index (χ0) is 15.1. The second kappa shape index (κ2) is 7.44. The number of nitrogens with zero attached hydrogens (tertiary/aromatic N) is 3. The number of carbonyl (C=O) groups excluding carboxylic acids is 1. The van der Waals surface area contributed by atoms with Gasteiger partial charge >= 0.3 is 5.97 Å². The van der Waals surface area contributed by atoms with Gasteiger partial charge in [0.2, 0.25) is 0 Å². The lowest BCUT2D eigenvalue weighted by Crippen LogP contribution is -2.37. The molecule has 0 spiro atoms. The number of piperidine rings is 1. The fraction of sp³-hybridized carbons (Fsp3) is 0.438. The minimum Gasteiger partial charge on any atom is -0.461 e. The summed E-state index contributed by atoms with van der Waals surface area (Å²) >= 11 is 0. The molecule has 2 heterocycles. The van der Waals surface area contributed by atoms with Crippen molar-refractivity contribution in [3.05, 3.63) is 36.0 Å². The minimum absolute atomic E-state index is 0.0233. The average molecular weight is 285 g/mol. The summed E-state index contributed by atoms with van der Waals surface area (Å²) in [4.78, 5) is 18.3. The number of allylic oxidation sites excluding steroid dienone is 1. The zero-order valence-electron chi connectivity index (χ0n) is 12.2. The third kappa shape index (κ3) is 4.06. The number of anilines is 1. The number of carbonyl (C=O) groups is 1. The van der Waals surface area contributed by atoms with Crippen LogP contribution in [0.5, 0.6) is 0 Å². The first-order valence-electron chi connectivity index (χ1n) is 7.13. The monoisotopic (exact) mass is 285 g/mol. The van der Waals surface area contributed by atoms with E-state index in [4.69, 9.17) is 10.00 Å². The van der Waals surface area contributed by atoms with Gasteiger partial charge in [0.1, 0.15) is 18.5 Å². The standard InChI is InChI=1S/C16H19N3O2/c1-2-3-10-21-16(20)14-6-8-19(9-7-14)15-5-4-13(11-17)12-18-15/h2-5,12,14H,6-10H2,1H3/b3-2+. The minimum atomic E-state index is -0.111. The van der Waals surface area contributed by atoms with Gasteiger partial charge < -0.3 is 9.64 Å². The maximum absolute atomic E-state index is 11.9. The van der Waals surface area contributed by atoms with Gasteiger partial charge in [-0.25, -0.2) is 4.98 Å². The SMILES string of the molecule is C/C=C/COC(=O)C1CCN(c2ccc(C#N)cn2)CC1. The molecule has 1 saturated heterocycles. The van der Waals surface area contributed by atoms with Crippen LogP contribution in [-0.2, 0) is 9.53 Å². The summed E-state index contributed by atoms with van der Waals surface area (Å²) in [7, 11) is 0. The number of nitriles is 1. The van der Waals surface area contributed by atoms with Gasteiger partial charge in [0, 0.05) is 19.3 Å². The van der Waals surface area contributed by atoms with Crippen molar-refractivity contribution in [3.63, 3.8) is 0 Å². The topological polar surface area (TPSA) is 66.2 Å². The Kier molecular flexibility index (Phi) is 5.33. The maximum atomic E-state index is 11.9. The fourth-order valence-corrected chi connectivity index (χ4v) is 2.33. The molecular weight excluding hydrogens is 266 g/mol. The highest BCUT2D eigenvalue weighted by atomic mass is 16.5. The van der Waals surface area contributed by atoms with Crippen LogP contribution >= 0.6 is 0 Å². The molecule has 1 aliphatic heterocycles. The highest BCUT2D eigenvalue weighted by Crippen LogP contribution is 2.22. The lowest BCUT2D eigenvalue weighted by Gasteiger charge is -2.31. The number of aromatic nitrogens is 1. The van der Waals surface area contributed by atoms with E-state index < -0.39 is 0 Å². The van der Waals surface area contributed by atoms with Crippen LogP contribution in [0, 0.1) is 17.2 Å². The van der Waals surface area contributed by atoms with Gasteiger partial charge in [-0.2, -0.15) is 5.26 Å². The first-order chi connectivity index (χ1) is 10.2. The summed E-state index contributed by atoms with van der Waals surface area (Å²) in [5.41, 5.74) is 0.557. The molecule has 0 bridgehead atoms. The van der Waals surface area contributed by atoms with Crippen LogP contribution in [0.2, 0.25) is 0 Å². The van der Waals surface area contributed by atoms with Gasteiger partial charge in [-0.15, -0.1) is 0 Å². The normalized spacial score (nSPS) is 15.9. The summed E-state index contributed by atoms with van der Waals surface area (Å²) in [5.74, 6) is 0.722. The zero-order valence-corrected chi connectivity index (χ0v) is 12.2. The van der Waals surface area contributed by atoms with Crippen molar-refractivity contribution >= 4 is 11.8 Å². The molecule has 0 N–H and O–H groups in total. The van der Waals surface area contributed by atoms with Crippen LogP contribution in [-0.4, -0.2) is 30.6 Å². The predicted octanol–water partition coefficient (Wildman–Crippen LogP) is 2.29. The van der Waals surface area contributed by atoms with E-state index in [1.165, 1.54) is 0 Å². The van der Waals surface area contributed by atoms with Crippen LogP contribution in [0.25, 0.3) is 0 Å². The van der Waals surface area contributed by atoms with Gasteiger partial charge in [-0.3, -0.25) is 4.79 Å². The van der Waals surface area contributed by atoms with Crippen LogP contribution in [0.1, 0.15) is 25.3 Å². The average Bonchev–Trinajstić information content (AvgIpc) is 2.55. The van der Waals surface area contributed by atoms with Crippen LogP contribution in [0.15, 0.2) is 30.5 Å². The van der Waals surface area contributed by atoms with Gasteiger partial charge in [0.15, 0.2) is 0 Å². The molecule has 21 heavy (non-hydrogen) atoms. The van der Waals surface area contributed by atoms with E-state index in [2.05, 4.69) is 16.0 Å². The number of hydrogen-bond donors (Lipinski definition) is 0. The molecule has 1 aromatic rings. The summed E-state index contributed by atoms with van der Waals surface area (Å²) in [6.45, 7) is 3.81. The number of hydrogen-bond acceptors (Lipinski definition) is 5. The Bertz CT molecular complexity index is 538. The van der Waals surface area contributed by atoms with Crippen molar-refractivity contribution < 1.29 is 9.53 Å². The first-order valence-corrected chi connectivity index (χ1v) is 7.13. The van der Waals surface area contributed by atoms with Crippen molar-refractivity contribution in [2.45, 2.75) is 19.8 Å². The largest absolute Gasteiger partial charge is 0.461 e. The highest BCUT2D eigenvalue weighted by Gasteiger charge is 2.26. The third-order valence-electron chi connectivity index (χ3n) is 3.59. The summed E-state index contributed by atoms with van der Waals surface area (Å²) in [5, 5.41) is 8.76. The van der Waals surface area contributed by atoms with Crippen LogP contribution in [0.3, 0.4) is 0 Å². The van der Waals surface area contributed by atoms with Crippen molar-refractivity contribution in [2.75, 3.05) is 24.6 Å². The van der Waals surface area contributed by atoms with Gasteiger partial charge in [-0.05, 0) is 31.9 Å². The molecule has 0 aliphatic carbocycles. The van der Waals surface area contributed by atoms with E-state index in [0.29, 0.717) is 12.2 Å². The van der Waals surface area contributed by atoms with Crippen molar-refractivity contribution in [3.8, 4) is 6.07 Å². The van der Waals surface area contributed by atoms with Crippen molar-refractivity contribution in [1.29, 1.82) is 5.26 Å². The van der Waals surface area contributed by atoms with E-state index in [-0.39, 0.29) is 11.9 Å². The molecule has 0 atom stereocenters. The Morgan fingerprint density at radius 2 is 2.29 bits per heavy atom.